The Morgan fingerprint density at radius 2 is 0.221 bits per heavy atom. The zero-order chi connectivity index (χ0) is 53.1. The minimum absolute atomic E-state index is 0.833. The Kier molecular flexibility index (Phi) is 122. The number of hydrogen-bond acceptors (Lipinski definition) is 2. The first-order chi connectivity index (χ1) is 32.9. The second-order valence-corrected chi connectivity index (χ2v) is 19.8. The number of carboxylic acid groups (broad SMARTS) is 2. The van der Waals surface area contributed by atoms with Crippen molar-refractivity contribution in [2.45, 2.75) is 405 Å². The van der Waals surface area contributed by atoms with Crippen molar-refractivity contribution in [1.82, 2.24) is 0 Å². The van der Waals surface area contributed by atoms with E-state index in [9.17, 15) is 0 Å². The van der Waals surface area contributed by atoms with Crippen LogP contribution >= 0.6 is 0 Å². The molecule has 0 rings (SSSR count). The third kappa shape index (κ3) is 158. The van der Waals surface area contributed by atoms with Crippen LogP contribution in [0.2, 0.25) is 0 Å². The minimum Gasteiger partial charge on any atom is -0.481 e. The molecule has 0 heterocycles. The van der Waals surface area contributed by atoms with Gasteiger partial charge in [-0.15, -0.1) is 0 Å². The van der Waals surface area contributed by atoms with E-state index in [4.69, 9.17) is 19.8 Å². The smallest absolute Gasteiger partial charge is 0.300 e. The van der Waals surface area contributed by atoms with E-state index in [1.165, 1.54) is 308 Å². The Morgan fingerprint density at radius 1 is 0.176 bits per heavy atom. The summed E-state index contributed by atoms with van der Waals surface area (Å²) in [6, 6.07) is 0. The Hall–Kier alpha value is -1.06. The molecule has 0 fully saturated rings. The van der Waals surface area contributed by atoms with Crippen molar-refractivity contribution in [2.24, 2.45) is 0 Å². The molecule has 420 valence electrons. The van der Waals surface area contributed by atoms with Gasteiger partial charge in [-0.25, -0.2) is 0 Å². The van der Waals surface area contributed by atoms with E-state index >= 15 is 0 Å². The number of aliphatic carboxylic acids is 2. The highest BCUT2D eigenvalue weighted by Gasteiger charge is 1.92. The van der Waals surface area contributed by atoms with Gasteiger partial charge in [0.25, 0.3) is 11.9 Å². The summed E-state index contributed by atoms with van der Waals surface area (Å²) in [5.74, 6) is -1.67. The highest BCUT2D eigenvalue weighted by atomic mass is 16.4. The van der Waals surface area contributed by atoms with Crippen molar-refractivity contribution >= 4 is 11.9 Å². The fourth-order valence-corrected chi connectivity index (χ4v) is 7.24. The molecule has 4 nitrogen and oxygen atoms in total. The Balaban J connectivity index is -0.000000102. The second kappa shape index (κ2) is 99.2. The molecule has 0 atom stereocenters. The summed E-state index contributed by atoms with van der Waals surface area (Å²) in [5, 5.41) is 14.8. The van der Waals surface area contributed by atoms with Crippen LogP contribution in [0.1, 0.15) is 405 Å². The van der Waals surface area contributed by atoms with E-state index in [1.54, 1.807) is 0 Å². The third-order valence-electron chi connectivity index (χ3n) is 11.7. The van der Waals surface area contributed by atoms with Crippen LogP contribution in [0.3, 0.4) is 0 Å². The number of carboxylic acids is 2. The van der Waals surface area contributed by atoms with Gasteiger partial charge < -0.3 is 10.2 Å². The Labute approximate surface area is 435 Å². The second-order valence-electron chi connectivity index (χ2n) is 19.8. The van der Waals surface area contributed by atoms with Crippen LogP contribution in [-0.2, 0) is 9.59 Å². The molecule has 0 amide bonds. The molecule has 0 saturated carbocycles. The zero-order valence-electron chi connectivity index (χ0n) is 50.7. The van der Waals surface area contributed by atoms with E-state index in [-0.39, 0.29) is 0 Å². The van der Waals surface area contributed by atoms with Crippen molar-refractivity contribution in [3.05, 3.63) is 0 Å². The van der Waals surface area contributed by atoms with Crippen LogP contribution in [0, 0.1) is 0 Å². The molecule has 0 aliphatic rings. The molecule has 0 saturated heterocycles. The van der Waals surface area contributed by atoms with Gasteiger partial charge in [-0.05, 0) is 0 Å². The molecule has 0 radical (unpaired) electrons. The molecule has 2 N–H and O–H groups in total. The van der Waals surface area contributed by atoms with Crippen LogP contribution in [-0.4, -0.2) is 22.2 Å². The molecular formula is C64H140O4. The molecule has 0 spiro atoms. The summed E-state index contributed by atoms with van der Waals surface area (Å²) >= 11 is 0. The summed E-state index contributed by atoms with van der Waals surface area (Å²) in [7, 11) is 0. The summed E-state index contributed by atoms with van der Waals surface area (Å²) in [5.41, 5.74) is 0. The molecule has 0 bridgehead atoms. The van der Waals surface area contributed by atoms with E-state index in [1.807, 2.05) is 0 Å². The molecule has 0 aromatic carbocycles. The lowest BCUT2D eigenvalue weighted by molar-refractivity contribution is -0.135. The predicted octanol–water partition coefficient (Wildman–Crippen LogP) is 25.1. The SMILES string of the molecule is CC(=O)O.CC(=O)O.CCCCCCCCCC.CCCCCCCCCC.CCCCCCCCCC.CCCCCCCCCC.CCCCCCCCCC.CCCCCCCCCC. The molecule has 4 heteroatoms. The summed E-state index contributed by atoms with van der Waals surface area (Å²) in [4.78, 5) is 18.0. The lowest BCUT2D eigenvalue weighted by atomic mass is 10.1. The fourth-order valence-electron chi connectivity index (χ4n) is 7.24. The quantitative estimate of drug-likeness (QED) is 0.0598. The number of hydrogen-bond donors (Lipinski definition) is 2. The van der Waals surface area contributed by atoms with E-state index in [0.717, 1.165) is 13.8 Å². The number of rotatable bonds is 42. The summed E-state index contributed by atoms with van der Waals surface area (Å²) in [6.45, 7) is 29.4. The fraction of sp³-hybridized carbons (Fsp3) is 0.969. The first-order valence-corrected chi connectivity index (χ1v) is 31.3. The predicted molar refractivity (Wildman–Crippen MR) is 316 cm³/mol. The lowest BCUT2D eigenvalue weighted by Crippen LogP contribution is -1.78. The minimum atomic E-state index is -0.833. The normalized spacial score (nSPS) is 9.74. The maximum atomic E-state index is 9.00. The summed E-state index contributed by atoms with van der Waals surface area (Å²) in [6.07, 6.45) is 68.8. The van der Waals surface area contributed by atoms with Gasteiger partial charge in [-0.2, -0.15) is 0 Å². The maximum Gasteiger partial charge on any atom is 0.300 e. The van der Waals surface area contributed by atoms with Crippen molar-refractivity contribution in [3.63, 3.8) is 0 Å². The average Bonchev–Trinajstić information content (AvgIpc) is 3.31. The Morgan fingerprint density at radius 3 is 0.265 bits per heavy atom. The Bertz CT molecular complexity index is 531. The molecular weight excluding hydrogens is 833 g/mol. The first kappa shape index (κ1) is 83.8. The van der Waals surface area contributed by atoms with E-state index in [0.29, 0.717) is 0 Å². The average molecular weight is 974 g/mol. The topological polar surface area (TPSA) is 74.6 Å². The standard InChI is InChI=1S/6C10H22.2C2H4O2/c6*1-3-5-7-9-10-8-6-4-2;2*1-2(3)4/h6*3-10H2,1-2H3;2*1H3,(H,3,4). The van der Waals surface area contributed by atoms with Crippen molar-refractivity contribution < 1.29 is 19.8 Å². The van der Waals surface area contributed by atoms with Gasteiger partial charge in [-0.3, -0.25) is 9.59 Å². The van der Waals surface area contributed by atoms with Crippen LogP contribution < -0.4 is 0 Å². The molecule has 0 aliphatic carbocycles. The number of unbranched alkanes of at least 4 members (excludes halogenated alkanes) is 42. The van der Waals surface area contributed by atoms with Gasteiger partial charge in [-0.1, -0.05) is 391 Å². The monoisotopic (exact) mass is 973 g/mol. The summed E-state index contributed by atoms with van der Waals surface area (Å²) < 4.78 is 0. The van der Waals surface area contributed by atoms with E-state index in [2.05, 4.69) is 83.1 Å². The van der Waals surface area contributed by atoms with Crippen molar-refractivity contribution in [3.8, 4) is 0 Å². The van der Waals surface area contributed by atoms with Crippen LogP contribution in [0.15, 0.2) is 0 Å². The molecule has 68 heavy (non-hydrogen) atoms. The third-order valence-corrected chi connectivity index (χ3v) is 11.7. The van der Waals surface area contributed by atoms with E-state index < -0.39 is 11.9 Å². The van der Waals surface area contributed by atoms with Crippen molar-refractivity contribution in [1.29, 1.82) is 0 Å². The van der Waals surface area contributed by atoms with Crippen molar-refractivity contribution in [2.75, 3.05) is 0 Å². The highest BCUT2D eigenvalue weighted by molar-refractivity contribution is 5.63. The van der Waals surface area contributed by atoms with Crippen LogP contribution in [0.5, 0.6) is 0 Å². The molecule has 0 aromatic heterocycles. The van der Waals surface area contributed by atoms with Crippen LogP contribution in [0.25, 0.3) is 0 Å². The van der Waals surface area contributed by atoms with Gasteiger partial charge in [0, 0.05) is 13.8 Å². The maximum absolute atomic E-state index is 9.00. The molecule has 0 unspecified atom stereocenters. The van der Waals surface area contributed by atoms with Gasteiger partial charge in [0.15, 0.2) is 0 Å². The first-order valence-electron chi connectivity index (χ1n) is 31.3. The highest BCUT2D eigenvalue weighted by Crippen LogP contribution is 2.11. The van der Waals surface area contributed by atoms with Gasteiger partial charge in [0.05, 0.1) is 0 Å². The van der Waals surface area contributed by atoms with Gasteiger partial charge in [0.2, 0.25) is 0 Å². The largest absolute Gasteiger partial charge is 0.481 e. The molecule has 0 aliphatic heterocycles. The number of carbonyl (C=O) groups is 2. The van der Waals surface area contributed by atoms with Gasteiger partial charge >= 0.3 is 0 Å². The lowest BCUT2D eigenvalue weighted by Gasteiger charge is -1.97. The zero-order valence-corrected chi connectivity index (χ0v) is 50.7. The van der Waals surface area contributed by atoms with Crippen LogP contribution in [0.4, 0.5) is 0 Å². The molecule has 0 aromatic rings. The van der Waals surface area contributed by atoms with Gasteiger partial charge in [0.1, 0.15) is 0 Å².